The number of rotatable bonds is 0. The Morgan fingerprint density at radius 3 is 2.30 bits per heavy atom. The average Bonchev–Trinajstić information content (AvgIpc) is 2.44. The lowest BCUT2D eigenvalue weighted by Gasteiger charge is -2.55. The van der Waals surface area contributed by atoms with Crippen molar-refractivity contribution in [3.8, 4) is 0 Å². The monoisotopic (exact) mass is 320 g/mol. The lowest BCUT2D eigenvalue weighted by molar-refractivity contribution is -0.0229. The molecule has 23 heavy (non-hydrogen) atoms. The molecular weight excluding hydrogens is 288 g/mol. The molecule has 0 saturated heterocycles. The standard InChI is InChI=1S/C20H32O3/c1-11-14-8-13-9-16(22)12(2)18(19(13,3)4)17(23)10-20(14,5)7-6-15(11)21/h13-17,21-23H,1,6-10H2,2-5H3. The molecule has 0 radical (unpaired) electrons. The highest BCUT2D eigenvalue weighted by molar-refractivity contribution is 5.33. The van der Waals surface area contributed by atoms with Gasteiger partial charge in [0.25, 0.3) is 0 Å². The maximum absolute atomic E-state index is 11.0. The molecule has 0 aliphatic heterocycles. The summed E-state index contributed by atoms with van der Waals surface area (Å²) in [5, 5.41) is 31.8. The Balaban J connectivity index is 2.09. The van der Waals surface area contributed by atoms with E-state index in [1.807, 2.05) is 6.92 Å². The minimum absolute atomic E-state index is 0.0156. The Kier molecular flexibility index (Phi) is 4.06. The lowest BCUT2D eigenvalue weighted by Crippen LogP contribution is -2.50. The number of aliphatic hydroxyl groups is 3. The smallest absolute Gasteiger partial charge is 0.0764 e. The van der Waals surface area contributed by atoms with Gasteiger partial charge < -0.3 is 15.3 Å². The van der Waals surface area contributed by atoms with Gasteiger partial charge in [-0.1, -0.05) is 27.4 Å². The maximum Gasteiger partial charge on any atom is 0.0764 e. The molecule has 2 fully saturated rings. The highest BCUT2D eigenvalue weighted by atomic mass is 16.3. The summed E-state index contributed by atoms with van der Waals surface area (Å²) in [6, 6.07) is 0. The Bertz CT molecular complexity index is 547. The Morgan fingerprint density at radius 1 is 1.00 bits per heavy atom. The average molecular weight is 320 g/mol. The van der Waals surface area contributed by atoms with Crippen LogP contribution in [0.15, 0.2) is 23.3 Å². The van der Waals surface area contributed by atoms with Gasteiger partial charge in [-0.25, -0.2) is 0 Å². The van der Waals surface area contributed by atoms with Gasteiger partial charge in [-0.3, -0.25) is 0 Å². The van der Waals surface area contributed by atoms with E-state index in [-0.39, 0.29) is 16.7 Å². The van der Waals surface area contributed by atoms with Crippen molar-refractivity contribution in [2.45, 2.75) is 78.1 Å². The van der Waals surface area contributed by atoms with Crippen molar-refractivity contribution >= 4 is 0 Å². The first-order chi connectivity index (χ1) is 10.6. The fraction of sp³-hybridized carbons (Fsp3) is 0.800. The highest BCUT2D eigenvalue weighted by Crippen LogP contribution is 2.58. The van der Waals surface area contributed by atoms with E-state index in [0.29, 0.717) is 12.3 Å². The van der Waals surface area contributed by atoms with Crippen molar-refractivity contribution in [3.63, 3.8) is 0 Å². The zero-order valence-electron chi connectivity index (χ0n) is 15.0. The summed E-state index contributed by atoms with van der Waals surface area (Å²) in [7, 11) is 0. The van der Waals surface area contributed by atoms with Gasteiger partial charge in [0.05, 0.1) is 18.3 Å². The van der Waals surface area contributed by atoms with Crippen molar-refractivity contribution in [1.29, 1.82) is 0 Å². The van der Waals surface area contributed by atoms with E-state index in [0.717, 1.165) is 42.4 Å². The summed E-state index contributed by atoms with van der Waals surface area (Å²) in [4.78, 5) is 0. The van der Waals surface area contributed by atoms with Gasteiger partial charge in [0.2, 0.25) is 0 Å². The molecule has 6 atom stereocenters. The van der Waals surface area contributed by atoms with E-state index in [1.165, 1.54) is 0 Å². The Labute approximate surface area is 140 Å². The predicted molar refractivity (Wildman–Crippen MR) is 91.8 cm³/mol. The van der Waals surface area contributed by atoms with Crippen LogP contribution in [0.3, 0.4) is 0 Å². The van der Waals surface area contributed by atoms with Crippen LogP contribution in [0.1, 0.15) is 59.8 Å². The van der Waals surface area contributed by atoms with Crippen LogP contribution >= 0.6 is 0 Å². The van der Waals surface area contributed by atoms with Crippen LogP contribution in [0.5, 0.6) is 0 Å². The molecule has 2 saturated carbocycles. The lowest BCUT2D eigenvalue weighted by atomic mass is 9.51. The van der Waals surface area contributed by atoms with Gasteiger partial charge in [-0.05, 0) is 78.4 Å². The fourth-order valence-electron chi connectivity index (χ4n) is 5.75. The number of fused-ring (bicyclic) bond motifs is 3. The summed E-state index contributed by atoms with van der Waals surface area (Å²) in [6.45, 7) is 12.8. The van der Waals surface area contributed by atoms with E-state index in [2.05, 4.69) is 27.4 Å². The van der Waals surface area contributed by atoms with Crippen molar-refractivity contribution in [2.24, 2.45) is 22.7 Å². The SMILES string of the molecule is C=C1C(O)CCC2(C)CC(O)C3=C(C)C(O)CC(CC12)C3(C)C. The molecule has 0 aromatic carbocycles. The highest BCUT2D eigenvalue weighted by Gasteiger charge is 2.52. The molecule has 2 bridgehead atoms. The largest absolute Gasteiger partial charge is 0.389 e. The molecule has 130 valence electrons. The third-order valence-electron chi connectivity index (χ3n) is 7.37. The van der Waals surface area contributed by atoms with Crippen LogP contribution in [0.25, 0.3) is 0 Å². The minimum atomic E-state index is -0.515. The second-order valence-electron chi connectivity index (χ2n) is 9.06. The van der Waals surface area contributed by atoms with Gasteiger partial charge >= 0.3 is 0 Å². The van der Waals surface area contributed by atoms with Crippen molar-refractivity contribution < 1.29 is 15.3 Å². The minimum Gasteiger partial charge on any atom is -0.389 e. The molecule has 3 nitrogen and oxygen atoms in total. The predicted octanol–water partition coefficient (Wildman–Crippen LogP) is 3.20. The van der Waals surface area contributed by atoms with Crippen LogP contribution < -0.4 is 0 Å². The molecule has 0 amide bonds. The number of hydrogen-bond acceptors (Lipinski definition) is 3. The molecular formula is C20H32O3. The molecule has 3 N–H and O–H groups in total. The summed E-state index contributed by atoms with van der Waals surface area (Å²) < 4.78 is 0. The second-order valence-corrected chi connectivity index (χ2v) is 9.06. The van der Waals surface area contributed by atoms with Crippen LogP contribution in [0, 0.1) is 22.7 Å². The van der Waals surface area contributed by atoms with Crippen LogP contribution in [-0.4, -0.2) is 33.6 Å². The van der Waals surface area contributed by atoms with Gasteiger partial charge in [0.1, 0.15) is 0 Å². The first-order valence-electron chi connectivity index (χ1n) is 9.02. The molecule has 0 spiro atoms. The summed E-state index contributed by atoms with van der Waals surface area (Å²) in [6.07, 6.45) is 2.66. The van der Waals surface area contributed by atoms with Crippen molar-refractivity contribution in [3.05, 3.63) is 23.3 Å². The molecule has 0 heterocycles. The Hall–Kier alpha value is -0.640. The van der Waals surface area contributed by atoms with Gasteiger partial charge in [-0.15, -0.1) is 0 Å². The van der Waals surface area contributed by atoms with Gasteiger partial charge in [-0.2, -0.15) is 0 Å². The van der Waals surface area contributed by atoms with E-state index in [9.17, 15) is 15.3 Å². The zero-order chi connectivity index (χ0) is 17.2. The first-order valence-corrected chi connectivity index (χ1v) is 9.02. The van der Waals surface area contributed by atoms with Gasteiger partial charge in [0, 0.05) is 0 Å². The normalized spacial score (nSPS) is 46.9. The van der Waals surface area contributed by atoms with Crippen LogP contribution in [-0.2, 0) is 0 Å². The van der Waals surface area contributed by atoms with E-state index >= 15 is 0 Å². The topological polar surface area (TPSA) is 60.7 Å². The second kappa shape index (κ2) is 5.44. The summed E-state index contributed by atoms with van der Waals surface area (Å²) in [5.41, 5.74) is 2.82. The van der Waals surface area contributed by atoms with E-state index in [4.69, 9.17) is 0 Å². The maximum atomic E-state index is 11.0. The first kappa shape index (κ1) is 17.2. The molecule has 0 aromatic rings. The molecule has 3 aliphatic carbocycles. The quantitative estimate of drug-likeness (QED) is 0.601. The Morgan fingerprint density at radius 2 is 1.65 bits per heavy atom. The molecule has 3 heteroatoms. The fourth-order valence-corrected chi connectivity index (χ4v) is 5.75. The van der Waals surface area contributed by atoms with E-state index < -0.39 is 18.3 Å². The van der Waals surface area contributed by atoms with Gasteiger partial charge in [0.15, 0.2) is 0 Å². The summed E-state index contributed by atoms with van der Waals surface area (Å²) in [5.74, 6) is 0.523. The van der Waals surface area contributed by atoms with E-state index in [1.54, 1.807) is 0 Å². The van der Waals surface area contributed by atoms with Crippen LogP contribution in [0.4, 0.5) is 0 Å². The van der Waals surface area contributed by atoms with Crippen molar-refractivity contribution in [2.75, 3.05) is 0 Å². The number of hydrogen-bond donors (Lipinski definition) is 3. The molecule has 6 unspecified atom stereocenters. The third kappa shape index (κ3) is 2.52. The molecule has 3 rings (SSSR count). The third-order valence-corrected chi connectivity index (χ3v) is 7.37. The molecule has 3 aliphatic rings. The molecule has 0 aromatic heterocycles. The van der Waals surface area contributed by atoms with Crippen LogP contribution in [0.2, 0.25) is 0 Å². The zero-order valence-corrected chi connectivity index (χ0v) is 15.0. The summed E-state index contributed by atoms with van der Waals surface area (Å²) >= 11 is 0. The number of aliphatic hydroxyl groups excluding tert-OH is 3. The van der Waals surface area contributed by atoms with Crippen molar-refractivity contribution in [1.82, 2.24) is 0 Å².